The Morgan fingerprint density at radius 2 is 2.03 bits per heavy atom. The standard InChI is InChI=1S/C23H34N6O/c1-3-24-23(29-13-14-30-22(18-29)20-15-26-27(2)17-20)25-16-21(28-11-7-8-12-28)19-9-5-4-6-10-19/h4-6,9-10,15,17,21-22H,3,7-8,11-14,16,18H2,1-2H3,(H,24,25). The van der Waals surface area contributed by atoms with Gasteiger partial charge in [0.1, 0.15) is 6.10 Å². The first-order valence-electron chi connectivity index (χ1n) is 11.2. The third-order valence-corrected chi connectivity index (χ3v) is 5.98. The van der Waals surface area contributed by atoms with Gasteiger partial charge >= 0.3 is 0 Å². The number of guanidine groups is 1. The summed E-state index contributed by atoms with van der Waals surface area (Å²) >= 11 is 0. The fourth-order valence-electron chi connectivity index (χ4n) is 4.41. The normalized spacial score (nSPS) is 21.7. The topological polar surface area (TPSA) is 57.9 Å². The van der Waals surface area contributed by atoms with Gasteiger partial charge in [0.05, 0.1) is 31.9 Å². The highest BCUT2D eigenvalue weighted by molar-refractivity contribution is 5.80. The van der Waals surface area contributed by atoms with Crippen LogP contribution in [0.2, 0.25) is 0 Å². The average molecular weight is 411 g/mol. The van der Waals surface area contributed by atoms with E-state index in [0.717, 1.165) is 50.8 Å². The molecule has 30 heavy (non-hydrogen) atoms. The highest BCUT2D eigenvalue weighted by Gasteiger charge is 2.27. The third-order valence-electron chi connectivity index (χ3n) is 5.98. The second-order valence-electron chi connectivity index (χ2n) is 8.12. The molecular formula is C23H34N6O. The molecule has 7 heteroatoms. The molecule has 2 fully saturated rings. The fraction of sp³-hybridized carbons (Fsp3) is 0.565. The lowest BCUT2D eigenvalue weighted by Crippen LogP contribution is -2.48. The summed E-state index contributed by atoms with van der Waals surface area (Å²) in [4.78, 5) is 10.0. The largest absolute Gasteiger partial charge is 0.370 e. The van der Waals surface area contributed by atoms with Crippen LogP contribution in [-0.4, -0.2) is 71.4 Å². The van der Waals surface area contributed by atoms with Crippen molar-refractivity contribution in [2.75, 3.05) is 45.9 Å². The molecule has 0 spiro atoms. The number of nitrogens with zero attached hydrogens (tertiary/aromatic N) is 5. The van der Waals surface area contributed by atoms with Crippen molar-refractivity contribution >= 4 is 5.96 Å². The van der Waals surface area contributed by atoms with Crippen molar-refractivity contribution in [1.29, 1.82) is 0 Å². The number of benzene rings is 1. The molecule has 0 saturated carbocycles. The van der Waals surface area contributed by atoms with E-state index < -0.39 is 0 Å². The first-order chi connectivity index (χ1) is 14.7. The Balaban J connectivity index is 1.50. The minimum atomic E-state index is 0.0276. The molecule has 1 aromatic heterocycles. The quantitative estimate of drug-likeness (QED) is 0.586. The van der Waals surface area contributed by atoms with Gasteiger partial charge in [0.2, 0.25) is 0 Å². The van der Waals surface area contributed by atoms with Crippen molar-refractivity contribution in [3.8, 4) is 0 Å². The van der Waals surface area contributed by atoms with Crippen molar-refractivity contribution < 1.29 is 4.74 Å². The maximum atomic E-state index is 6.03. The van der Waals surface area contributed by atoms with Gasteiger partial charge in [-0.25, -0.2) is 0 Å². The van der Waals surface area contributed by atoms with Crippen molar-refractivity contribution in [3.05, 3.63) is 53.9 Å². The molecule has 2 aliphatic rings. The molecular weight excluding hydrogens is 376 g/mol. The molecule has 0 radical (unpaired) electrons. The lowest BCUT2D eigenvalue weighted by atomic mass is 10.1. The van der Waals surface area contributed by atoms with Gasteiger partial charge in [-0.1, -0.05) is 30.3 Å². The summed E-state index contributed by atoms with van der Waals surface area (Å²) in [5, 5.41) is 7.81. The van der Waals surface area contributed by atoms with E-state index in [1.165, 1.54) is 18.4 Å². The molecule has 0 amide bonds. The Labute approximate surface area is 179 Å². The lowest BCUT2D eigenvalue weighted by molar-refractivity contribution is -0.00808. The number of hydrogen-bond acceptors (Lipinski definition) is 4. The monoisotopic (exact) mass is 410 g/mol. The third kappa shape index (κ3) is 5.02. The molecule has 4 rings (SSSR count). The smallest absolute Gasteiger partial charge is 0.194 e. The molecule has 1 N–H and O–H groups in total. The maximum Gasteiger partial charge on any atom is 0.194 e. The van der Waals surface area contributed by atoms with Crippen LogP contribution in [0, 0.1) is 0 Å². The van der Waals surface area contributed by atoms with E-state index in [4.69, 9.17) is 9.73 Å². The highest BCUT2D eigenvalue weighted by Crippen LogP contribution is 2.26. The molecule has 0 bridgehead atoms. The Morgan fingerprint density at radius 3 is 2.73 bits per heavy atom. The molecule has 2 saturated heterocycles. The van der Waals surface area contributed by atoms with Crippen LogP contribution in [-0.2, 0) is 11.8 Å². The number of aromatic nitrogens is 2. The minimum absolute atomic E-state index is 0.0276. The Hall–Kier alpha value is -2.38. The molecule has 2 aliphatic heterocycles. The van der Waals surface area contributed by atoms with Crippen LogP contribution in [0.3, 0.4) is 0 Å². The molecule has 2 atom stereocenters. The van der Waals surface area contributed by atoms with Crippen LogP contribution in [0.1, 0.15) is 43.0 Å². The van der Waals surface area contributed by atoms with E-state index in [9.17, 15) is 0 Å². The first kappa shape index (κ1) is 20.9. The number of hydrogen-bond donors (Lipinski definition) is 1. The molecule has 2 aromatic rings. The zero-order chi connectivity index (χ0) is 20.8. The number of ether oxygens (including phenoxy) is 1. The predicted octanol–water partition coefficient (Wildman–Crippen LogP) is 2.60. The summed E-state index contributed by atoms with van der Waals surface area (Å²) in [6.07, 6.45) is 6.53. The minimum Gasteiger partial charge on any atom is -0.370 e. The van der Waals surface area contributed by atoms with Crippen LogP contribution in [0.4, 0.5) is 0 Å². The van der Waals surface area contributed by atoms with Gasteiger partial charge in [-0.05, 0) is 38.4 Å². The van der Waals surface area contributed by atoms with Crippen molar-refractivity contribution in [2.24, 2.45) is 12.0 Å². The number of nitrogens with one attached hydrogen (secondary N) is 1. The van der Waals surface area contributed by atoms with Gasteiger partial charge in [0.15, 0.2) is 5.96 Å². The Bertz CT molecular complexity index is 814. The average Bonchev–Trinajstić information content (AvgIpc) is 3.46. The number of aliphatic imine (C=N–C) groups is 1. The highest BCUT2D eigenvalue weighted by atomic mass is 16.5. The lowest BCUT2D eigenvalue weighted by Gasteiger charge is -2.35. The van der Waals surface area contributed by atoms with Crippen LogP contribution in [0.15, 0.2) is 47.7 Å². The second kappa shape index (κ2) is 10.1. The van der Waals surface area contributed by atoms with Crippen LogP contribution < -0.4 is 5.32 Å². The summed E-state index contributed by atoms with van der Waals surface area (Å²) in [7, 11) is 1.94. The zero-order valence-corrected chi connectivity index (χ0v) is 18.2. The van der Waals surface area contributed by atoms with Gasteiger partial charge < -0.3 is 15.0 Å². The van der Waals surface area contributed by atoms with Crippen LogP contribution in [0.5, 0.6) is 0 Å². The van der Waals surface area contributed by atoms with E-state index in [-0.39, 0.29) is 6.10 Å². The second-order valence-corrected chi connectivity index (χ2v) is 8.12. The summed E-state index contributed by atoms with van der Waals surface area (Å²) in [6, 6.07) is 11.2. The van der Waals surface area contributed by atoms with E-state index in [1.54, 1.807) is 0 Å². The fourth-order valence-corrected chi connectivity index (χ4v) is 4.41. The van der Waals surface area contributed by atoms with Gasteiger partial charge in [-0.2, -0.15) is 5.10 Å². The van der Waals surface area contributed by atoms with E-state index in [2.05, 4.69) is 57.5 Å². The number of aryl methyl sites for hydroxylation is 1. The van der Waals surface area contributed by atoms with Crippen molar-refractivity contribution in [1.82, 2.24) is 24.9 Å². The SMILES string of the molecule is CCNC(=NCC(c1ccccc1)N1CCCC1)N1CCOC(c2cnn(C)c2)C1. The Morgan fingerprint density at radius 1 is 1.23 bits per heavy atom. The number of likely N-dealkylation sites (tertiary alicyclic amines) is 1. The van der Waals surface area contributed by atoms with Gasteiger partial charge in [-0.3, -0.25) is 14.6 Å². The number of rotatable bonds is 6. The molecule has 0 aliphatic carbocycles. The van der Waals surface area contributed by atoms with Gasteiger partial charge in [0, 0.05) is 31.9 Å². The van der Waals surface area contributed by atoms with Crippen LogP contribution >= 0.6 is 0 Å². The maximum absolute atomic E-state index is 6.03. The van der Waals surface area contributed by atoms with E-state index in [1.807, 2.05) is 24.1 Å². The summed E-state index contributed by atoms with van der Waals surface area (Å²) in [5.41, 5.74) is 2.48. The molecule has 7 nitrogen and oxygen atoms in total. The summed E-state index contributed by atoms with van der Waals surface area (Å²) in [6.45, 7) is 8.40. The molecule has 3 heterocycles. The number of morpholine rings is 1. The van der Waals surface area contributed by atoms with Gasteiger partial charge in [-0.15, -0.1) is 0 Å². The van der Waals surface area contributed by atoms with E-state index >= 15 is 0 Å². The van der Waals surface area contributed by atoms with Crippen molar-refractivity contribution in [2.45, 2.75) is 31.9 Å². The molecule has 1 aromatic carbocycles. The Kier molecular flexibility index (Phi) is 7.02. The first-order valence-corrected chi connectivity index (χ1v) is 11.2. The summed E-state index contributed by atoms with van der Waals surface area (Å²) in [5.74, 6) is 0.981. The summed E-state index contributed by atoms with van der Waals surface area (Å²) < 4.78 is 7.86. The van der Waals surface area contributed by atoms with Crippen molar-refractivity contribution in [3.63, 3.8) is 0 Å². The molecule has 2 unspecified atom stereocenters. The zero-order valence-electron chi connectivity index (χ0n) is 18.2. The molecule has 162 valence electrons. The predicted molar refractivity (Wildman–Crippen MR) is 119 cm³/mol. The van der Waals surface area contributed by atoms with Crippen LogP contribution in [0.25, 0.3) is 0 Å². The van der Waals surface area contributed by atoms with E-state index in [0.29, 0.717) is 12.6 Å². The van der Waals surface area contributed by atoms with Gasteiger partial charge in [0.25, 0.3) is 0 Å².